The minimum atomic E-state index is -1.25. The number of hydrogen-bond acceptors (Lipinski definition) is 2. The Balaban J connectivity index is 2.08. The molecule has 0 radical (unpaired) electrons. The van der Waals surface area contributed by atoms with Crippen molar-refractivity contribution >= 4 is 11.9 Å². The van der Waals surface area contributed by atoms with E-state index in [0.29, 0.717) is 11.1 Å². The molecule has 0 atom stereocenters. The van der Waals surface area contributed by atoms with E-state index in [0.717, 1.165) is 11.1 Å². The van der Waals surface area contributed by atoms with E-state index in [-0.39, 0.29) is 11.1 Å². The van der Waals surface area contributed by atoms with Crippen LogP contribution in [-0.4, -0.2) is 22.2 Å². The van der Waals surface area contributed by atoms with E-state index in [9.17, 15) is 19.8 Å². The quantitative estimate of drug-likeness (QED) is 0.747. The molecule has 0 spiro atoms. The molecule has 0 aliphatic heterocycles. The molecule has 0 aliphatic carbocycles. The fraction of sp³-hybridized carbons (Fsp3) is 0. The van der Waals surface area contributed by atoms with Crippen LogP contribution in [0.5, 0.6) is 0 Å². The van der Waals surface area contributed by atoms with Crippen molar-refractivity contribution in [2.75, 3.05) is 0 Å². The smallest absolute Gasteiger partial charge is 0.337 e. The zero-order valence-electron chi connectivity index (χ0n) is 12.6. The van der Waals surface area contributed by atoms with E-state index in [1.165, 1.54) is 6.07 Å². The second-order valence-corrected chi connectivity index (χ2v) is 5.28. The Hall–Kier alpha value is -3.40. The van der Waals surface area contributed by atoms with Crippen LogP contribution in [0.1, 0.15) is 20.7 Å². The Morgan fingerprint density at radius 1 is 0.583 bits per heavy atom. The first-order valence-corrected chi connectivity index (χ1v) is 7.33. The van der Waals surface area contributed by atoms with Gasteiger partial charge in [0, 0.05) is 0 Å². The van der Waals surface area contributed by atoms with Gasteiger partial charge in [-0.3, -0.25) is 0 Å². The van der Waals surface area contributed by atoms with Crippen molar-refractivity contribution in [2.45, 2.75) is 0 Å². The molecule has 0 saturated carbocycles. The Morgan fingerprint density at radius 2 is 1.17 bits per heavy atom. The molecule has 0 fully saturated rings. The number of rotatable bonds is 4. The van der Waals surface area contributed by atoms with Gasteiger partial charge < -0.3 is 10.2 Å². The molecule has 4 heteroatoms. The van der Waals surface area contributed by atoms with Gasteiger partial charge in [-0.1, -0.05) is 66.7 Å². The molecule has 0 bridgehead atoms. The Bertz CT molecular complexity index is 897. The average Bonchev–Trinajstić information content (AvgIpc) is 2.62. The van der Waals surface area contributed by atoms with Crippen LogP contribution in [0.3, 0.4) is 0 Å². The maximum absolute atomic E-state index is 11.5. The lowest BCUT2D eigenvalue weighted by molar-refractivity contribution is 0.0652. The van der Waals surface area contributed by atoms with Gasteiger partial charge in [0.05, 0.1) is 11.1 Å². The summed E-state index contributed by atoms with van der Waals surface area (Å²) in [5.41, 5.74) is 2.70. The highest BCUT2D eigenvalue weighted by atomic mass is 16.4. The van der Waals surface area contributed by atoms with E-state index >= 15 is 0 Å². The minimum absolute atomic E-state index is 0.197. The predicted octanol–water partition coefficient (Wildman–Crippen LogP) is 4.42. The number of hydrogen-bond donors (Lipinski definition) is 2. The molecule has 3 aromatic rings. The molecule has 3 aromatic carbocycles. The molecule has 0 unspecified atom stereocenters. The molecular weight excluding hydrogens is 304 g/mol. The normalized spacial score (nSPS) is 10.3. The van der Waals surface area contributed by atoms with Gasteiger partial charge in [-0.25, -0.2) is 9.59 Å². The van der Waals surface area contributed by atoms with Gasteiger partial charge in [-0.15, -0.1) is 0 Å². The third-order valence-electron chi connectivity index (χ3n) is 3.81. The first-order chi connectivity index (χ1) is 11.6. The van der Waals surface area contributed by atoms with Crippen molar-refractivity contribution in [3.63, 3.8) is 0 Å². The van der Waals surface area contributed by atoms with E-state index in [1.54, 1.807) is 24.3 Å². The number of aromatic carboxylic acids is 2. The summed E-state index contributed by atoms with van der Waals surface area (Å²) in [5, 5.41) is 18.6. The van der Waals surface area contributed by atoms with Gasteiger partial charge in [0.1, 0.15) is 0 Å². The van der Waals surface area contributed by atoms with E-state index in [1.807, 2.05) is 42.5 Å². The van der Waals surface area contributed by atoms with Crippen LogP contribution in [-0.2, 0) is 0 Å². The molecule has 0 saturated heterocycles. The second kappa shape index (κ2) is 6.38. The van der Waals surface area contributed by atoms with Gasteiger partial charge in [-0.05, 0) is 28.3 Å². The topological polar surface area (TPSA) is 74.6 Å². The van der Waals surface area contributed by atoms with Crippen LogP contribution >= 0.6 is 0 Å². The number of carbonyl (C=O) groups is 2. The second-order valence-electron chi connectivity index (χ2n) is 5.28. The zero-order chi connectivity index (χ0) is 17.1. The van der Waals surface area contributed by atoms with Crippen molar-refractivity contribution in [3.8, 4) is 22.3 Å². The van der Waals surface area contributed by atoms with Crippen LogP contribution in [0.4, 0.5) is 0 Å². The lowest BCUT2D eigenvalue weighted by atomic mass is 9.94. The van der Waals surface area contributed by atoms with Gasteiger partial charge in [0.25, 0.3) is 0 Å². The summed E-state index contributed by atoms with van der Waals surface area (Å²) in [6.07, 6.45) is 0. The number of carboxylic acids is 2. The maximum atomic E-state index is 11.5. The highest BCUT2D eigenvalue weighted by Gasteiger charge is 2.20. The summed E-state index contributed by atoms with van der Waals surface area (Å²) in [6.45, 7) is 0. The van der Waals surface area contributed by atoms with Crippen molar-refractivity contribution in [1.29, 1.82) is 0 Å². The summed E-state index contributed by atoms with van der Waals surface area (Å²) in [4.78, 5) is 22.8. The molecule has 0 aliphatic rings. The van der Waals surface area contributed by atoms with Gasteiger partial charge in [0.2, 0.25) is 0 Å². The summed E-state index contributed by atoms with van der Waals surface area (Å²) < 4.78 is 0. The molecule has 4 nitrogen and oxygen atoms in total. The first kappa shape index (κ1) is 15.5. The minimum Gasteiger partial charge on any atom is -0.478 e. The van der Waals surface area contributed by atoms with Gasteiger partial charge in [-0.2, -0.15) is 0 Å². The lowest BCUT2D eigenvalue weighted by Crippen LogP contribution is -2.09. The molecule has 0 amide bonds. The third-order valence-corrected chi connectivity index (χ3v) is 3.81. The monoisotopic (exact) mass is 318 g/mol. The third kappa shape index (κ3) is 2.90. The van der Waals surface area contributed by atoms with Crippen LogP contribution in [0.25, 0.3) is 22.3 Å². The van der Waals surface area contributed by atoms with Crippen molar-refractivity contribution < 1.29 is 19.8 Å². The maximum Gasteiger partial charge on any atom is 0.337 e. The first-order valence-electron chi connectivity index (χ1n) is 7.33. The summed E-state index contributed by atoms with van der Waals surface area (Å²) in [7, 11) is 0. The van der Waals surface area contributed by atoms with E-state index < -0.39 is 11.9 Å². The van der Waals surface area contributed by atoms with Crippen LogP contribution in [0.2, 0.25) is 0 Å². The highest BCUT2D eigenvalue weighted by Crippen LogP contribution is 2.29. The molecular formula is C20H14O4. The van der Waals surface area contributed by atoms with Crippen LogP contribution in [0, 0.1) is 0 Å². The van der Waals surface area contributed by atoms with Gasteiger partial charge >= 0.3 is 11.9 Å². The SMILES string of the molecule is O=C(O)c1cccc(-c2ccc(-c3ccccc3)cc2)c1C(=O)O. The Morgan fingerprint density at radius 3 is 1.75 bits per heavy atom. The van der Waals surface area contributed by atoms with E-state index in [4.69, 9.17) is 0 Å². The van der Waals surface area contributed by atoms with Crippen molar-refractivity contribution in [3.05, 3.63) is 83.9 Å². The van der Waals surface area contributed by atoms with Crippen molar-refractivity contribution in [1.82, 2.24) is 0 Å². The molecule has 24 heavy (non-hydrogen) atoms. The van der Waals surface area contributed by atoms with Crippen LogP contribution < -0.4 is 0 Å². The predicted molar refractivity (Wildman–Crippen MR) is 91.2 cm³/mol. The Kier molecular flexibility index (Phi) is 4.12. The molecule has 118 valence electrons. The Labute approximate surface area is 138 Å². The summed E-state index contributed by atoms with van der Waals surface area (Å²) in [5.74, 6) is -2.51. The van der Waals surface area contributed by atoms with Crippen molar-refractivity contribution in [2.24, 2.45) is 0 Å². The summed E-state index contributed by atoms with van der Waals surface area (Å²) in [6, 6.07) is 21.7. The number of benzene rings is 3. The molecule has 0 heterocycles. The van der Waals surface area contributed by atoms with E-state index in [2.05, 4.69) is 0 Å². The van der Waals surface area contributed by atoms with Gasteiger partial charge in [0.15, 0.2) is 0 Å². The largest absolute Gasteiger partial charge is 0.478 e. The molecule has 2 N–H and O–H groups in total. The molecule has 3 rings (SSSR count). The fourth-order valence-electron chi connectivity index (χ4n) is 2.67. The molecule has 0 aromatic heterocycles. The fourth-order valence-corrected chi connectivity index (χ4v) is 2.67. The average molecular weight is 318 g/mol. The number of carboxylic acid groups (broad SMARTS) is 2. The standard InChI is InChI=1S/C20H14O4/c21-19(22)17-8-4-7-16(18(17)20(23)24)15-11-9-14(10-12-15)13-5-2-1-3-6-13/h1-12H,(H,21,22)(H,23,24). The summed E-state index contributed by atoms with van der Waals surface area (Å²) >= 11 is 0. The lowest BCUT2D eigenvalue weighted by Gasteiger charge is -2.10. The zero-order valence-corrected chi connectivity index (χ0v) is 12.6. The highest BCUT2D eigenvalue weighted by molar-refractivity contribution is 6.06. The van der Waals surface area contributed by atoms with Crippen LogP contribution in [0.15, 0.2) is 72.8 Å².